The molecule has 0 radical (unpaired) electrons. The van der Waals surface area contributed by atoms with Gasteiger partial charge in [0.1, 0.15) is 12.9 Å². The molecule has 1 N–H and O–H groups in total. The van der Waals surface area contributed by atoms with Crippen molar-refractivity contribution in [2.24, 2.45) is 34.5 Å². The molecule has 0 spiro atoms. The normalized spacial score (nSPS) is 41.8. The average molecular weight is 462 g/mol. The topological polar surface area (TPSA) is 138 Å². The van der Waals surface area contributed by atoms with Gasteiger partial charge >= 0.3 is 40.0 Å². The second-order valence-electron chi connectivity index (χ2n) is 9.65. The van der Waals surface area contributed by atoms with Crippen molar-refractivity contribution in [3.63, 3.8) is 0 Å². The average Bonchev–Trinajstić information content (AvgIpc) is 3.05. The largest absolute Gasteiger partial charge is 1.00 e. The van der Waals surface area contributed by atoms with Crippen LogP contribution >= 0.6 is 0 Å². The molecule has 0 amide bonds. The minimum Gasteiger partial charge on any atom is -0.852 e. The molecule has 4 aliphatic carbocycles. The Labute approximate surface area is 204 Å². The van der Waals surface area contributed by atoms with Crippen LogP contribution in [0.3, 0.4) is 0 Å². The van der Waals surface area contributed by atoms with E-state index in [1.807, 2.05) is 0 Å². The number of ketones is 2. The van der Waals surface area contributed by atoms with E-state index in [1.54, 1.807) is 6.08 Å². The van der Waals surface area contributed by atoms with Crippen molar-refractivity contribution in [3.8, 4) is 0 Å². The first-order valence-corrected chi connectivity index (χ1v) is 11.9. The summed E-state index contributed by atoms with van der Waals surface area (Å²) in [5.74, 6) is -1.57. The molecular weight excluding hydrogens is 435 g/mol. The van der Waals surface area contributed by atoms with Gasteiger partial charge in [-0.2, -0.15) is 8.42 Å². The number of hydrogen-bond donors (Lipinski definition) is 1. The van der Waals surface area contributed by atoms with Gasteiger partial charge in [0.05, 0.1) is 0 Å². The maximum absolute atomic E-state index is 13.5. The smallest absolute Gasteiger partial charge is 0.852 e. The van der Waals surface area contributed by atoms with E-state index in [-0.39, 0.29) is 64.9 Å². The van der Waals surface area contributed by atoms with Crippen molar-refractivity contribution in [2.45, 2.75) is 58.0 Å². The Bertz CT molecular complexity index is 914. The van der Waals surface area contributed by atoms with E-state index in [0.717, 1.165) is 11.9 Å². The van der Waals surface area contributed by atoms with Gasteiger partial charge in [-0.3, -0.25) is 14.1 Å². The van der Waals surface area contributed by atoms with Crippen molar-refractivity contribution < 1.29 is 66.2 Å². The Morgan fingerprint density at radius 3 is 2.68 bits per heavy atom. The second-order valence-corrected chi connectivity index (χ2v) is 10.7. The Hall–Kier alpha value is -0.420. The third kappa shape index (κ3) is 4.16. The van der Waals surface area contributed by atoms with Crippen LogP contribution in [0.1, 0.15) is 51.9 Å². The number of Topliss-reactive ketones (excluding diaryl/α,β-unsaturated/α-hetero) is 1. The van der Waals surface area contributed by atoms with Crippen LogP contribution < -0.4 is 34.7 Å². The number of carbonyl (C=O) groups excluding carboxylic acids is 3. The Balaban J connectivity index is 0.00000272. The quantitative estimate of drug-likeness (QED) is 0.283. The van der Waals surface area contributed by atoms with Gasteiger partial charge < -0.3 is 9.90 Å². The fourth-order valence-corrected chi connectivity index (χ4v) is 7.53. The molecule has 3 fully saturated rings. The number of aldehydes is 1. The molecule has 0 aromatic heterocycles. The van der Waals surface area contributed by atoms with Gasteiger partial charge in [-0.1, -0.05) is 18.9 Å². The third-order valence-corrected chi connectivity index (χ3v) is 8.85. The van der Waals surface area contributed by atoms with Crippen LogP contribution in [0.5, 0.6) is 0 Å². The van der Waals surface area contributed by atoms with E-state index < -0.39 is 40.2 Å². The van der Waals surface area contributed by atoms with Crippen LogP contribution in [0, 0.1) is 34.5 Å². The molecule has 4 aliphatic rings. The molecule has 8 nitrogen and oxygen atoms in total. The van der Waals surface area contributed by atoms with Crippen molar-refractivity contribution in [1.82, 2.24) is 0 Å². The third-order valence-electron chi connectivity index (χ3n) is 8.44. The molecule has 31 heavy (non-hydrogen) atoms. The number of fused-ring (bicyclic) bond motifs is 5. The zero-order chi connectivity index (χ0) is 21.9. The van der Waals surface area contributed by atoms with Gasteiger partial charge in [0, 0.05) is 17.8 Å². The van der Waals surface area contributed by atoms with E-state index in [4.69, 9.17) is 4.55 Å². The monoisotopic (exact) mass is 462 g/mol. The predicted octanol–water partition coefficient (Wildman–Crippen LogP) is -1.96. The molecule has 3 saturated carbocycles. The summed E-state index contributed by atoms with van der Waals surface area (Å²) < 4.78 is 34.7. The zero-order valence-electron chi connectivity index (χ0n) is 17.9. The molecule has 7 atom stereocenters. The summed E-state index contributed by atoms with van der Waals surface area (Å²) in [5.41, 5.74) is -0.421. The summed E-state index contributed by atoms with van der Waals surface area (Å²) >= 11 is 0. The molecule has 0 heterocycles. The standard InChI is InChI=1S/C21H27O8S.Na/c1-20-7-6-13(23)8-12(20)2-3-14-15-4-5-16(18(25)10-29-30(26,27)28)21(15,11-22)9-17(24)19(14)20;/h8,11,14-17,19H,2-7,9-10H2,1H3,(H,26,27,28);/q-1;+1/t14-,15-,16+,17-,19+,20-,21+;/m0./s1. The van der Waals surface area contributed by atoms with Crippen molar-refractivity contribution in [3.05, 3.63) is 11.6 Å². The van der Waals surface area contributed by atoms with Crippen LogP contribution in [0.4, 0.5) is 0 Å². The van der Waals surface area contributed by atoms with Crippen molar-refractivity contribution in [2.75, 3.05) is 6.61 Å². The van der Waals surface area contributed by atoms with E-state index in [0.29, 0.717) is 38.5 Å². The van der Waals surface area contributed by atoms with Crippen LogP contribution in [-0.2, 0) is 29.0 Å². The second kappa shape index (κ2) is 8.74. The molecule has 0 unspecified atom stereocenters. The summed E-state index contributed by atoms with van der Waals surface area (Å²) in [5, 5.41) is 13.5. The number of hydrogen-bond acceptors (Lipinski definition) is 7. The molecule has 0 aromatic carbocycles. The summed E-state index contributed by atoms with van der Waals surface area (Å²) in [6, 6.07) is 0. The zero-order valence-corrected chi connectivity index (χ0v) is 20.7. The predicted molar refractivity (Wildman–Crippen MR) is 102 cm³/mol. The molecule has 4 rings (SSSR count). The Morgan fingerprint density at radius 1 is 1.32 bits per heavy atom. The molecule has 166 valence electrons. The van der Waals surface area contributed by atoms with Crippen molar-refractivity contribution >= 4 is 28.3 Å². The van der Waals surface area contributed by atoms with E-state index in [2.05, 4.69) is 11.1 Å². The van der Waals surface area contributed by atoms with Crippen molar-refractivity contribution in [1.29, 1.82) is 0 Å². The van der Waals surface area contributed by atoms with Crippen LogP contribution in [0.15, 0.2) is 11.6 Å². The van der Waals surface area contributed by atoms with Gasteiger partial charge in [-0.15, -0.1) is 6.10 Å². The maximum Gasteiger partial charge on any atom is 1.00 e. The summed E-state index contributed by atoms with van der Waals surface area (Å²) in [6.07, 6.45) is 4.94. The van der Waals surface area contributed by atoms with E-state index >= 15 is 0 Å². The number of carbonyl (C=O) groups is 3. The van der Waals surface area contributed by atoms with Gasteiger partial charge in [-0.05, 0) is 61.3 Å². The first-order chi connectivity index (χ1) is 14.0. The fraction of sp³-hybridized carbons (Fsp3) is 0.762. The van der Waals surface area contributed by atoms with Gasteiger partial charge in [0.2, 0.25) is 0 Å². The number of allylic oxidation sites excluding steroid dienone is 1. The number of rotatable bonds is 5. The van der Waals surface area contributed by atoms with E-state index in [9.17, 15) is 27.9 Å². The van der Waals surface area contributed by atoms with Gasteiger partial charge in [0.15, 0.2) is 11.6 Å². The summed E-state index contributed by atoms with van der Waals surface area (Å²) in [4.78, 5) is 37.0. The minimum atomic E-state index is -4.76. The van der Waals surface area contributed by atoms with Crippen LogP contribution in [0.25, 0.3) is 0 Å². The summed E-state index contributed by atoms with van der Waals surface area (Å²) in [6.45, 7) is 1.23. The SMILES string of the molecule is C[C@]12CCC(=O)C=C1CC[C@@H]1[C@@H]2[C@@H]([O-])C[C@]2(C=O)[C@@H](C(=O)COS(=O)(=O)O)CC[C@@H]12.[Na+]. The van der Waals surface area contributed by atoms with Crippen LogP contribution in [-0.4, -0.2) is 43.5 Å². The van der Waals surface area contributed by atoms with Gasteiger partial charge in [-0.25, -0.2) is 4.18 Å². The maximum atomic E-state index is 13.5. The Morgan fingerprint density at radius 2 is 2.03 bits per heavy atom. The first kappa shape index (κ1) is 25.2. The molecule has 0 bridgehead atoms. The Kier molecular flexibility index (Phi) is 7.11. The molecule has 0 saturated heterocycles. The fourth-order valence-electron chi connectivity index (χ4n) is 7.26. The molecule has 0 aliphatic heterocycles. The summed E-state index contributed by atoms with van der Waals surface area (Å²) in [7, 11) is -4.76. The van der Waals surface area contributed by atoms with Crippen LogP contribution in [0.2, 0.25) is 0 Å². The molecular formula is C21H27NaO8S. The van der Waals surface area contributed by atoms with E-state index in [1.165, 1.54) is 0 Å². The molecule has 10 heteroatoms. The van der Waals surface area contributed by atoms with Gasteiger partial charge in [0.25, 0.3) is 0 Å². The molecule has 0 aromatic rings. The minimum absolute atomic E-state index is 0. The first-order valence-electron chi connectivity index (χ1n) is 10.5.